The van der Waals surface area contributed by atoms with E-state index in [0.29, 0.717) is 22.9 Å². The highest BCUT2D eigenvalue weighted by Gasteiger charge is 2.26. The average Bonchev–Trinajstić information content (AvgIpc) is 2.77. The van der Waals surface area contributed by atoms with E-state index >= 15 is 0 Å². The first-order valence-electron chi connectivity index (χ1n) is 9.01. The molecule has 0 fully saturated rings. The SMILES string of the molecule is COc1ccc(S(=O)(=O)N(Cc2cc(OC)cc(OC)c2)c2cccc(Br)c2)cc1. The monoisotopic (exact) mass is 491 g/mol. The van der Waals surface area contributed by atoms with E-state index in [-0.39, 0.29) is 11.4 Å². The van der Waals surface area contributed by atoms with Gasteiger partial charge in [0.15, 0.2) is 0 Å². The minimum absolute atomic E-state index is 0.0956. The largest absolute Gasteiger partial charge is 0.497 e. The number of nitrogens with zero attached hydrogens (tertiary/aromatic N) is 1. The van der Waals surface area contributed by atoms with E-state index in [2.05, 4.69) is 15.9 Å². The van der Waals surface area contributed by atoms with Gasteiger partial charge in [-0.05, 0) is 60.2 Å². The van der Waals surface area contributed by atoms with E-state index < -0.39 is 10.0 Å². The van der Waals surface area contributed by atoms with Crippen LogP contribution >= 0.6 is 15.9 Å². The predicted octanol–water partition coefficient (Wildman–Crippen LogP) is 4.87. The molecule has 0 bridgehead atoms. The Morgan fingerprint density at radius 2 is 1.40 bits per heavy atom. The van der Waals surface area contributed by atoms with E-state index in [0.717, 1.165) is 10.0 Å². The van der Waals surface area contributed by atoms with Gasteiger partial charge in [0.25, 0.3) is 10.0 Å². The Morgan fingerprint density at radius 3 is 1.93 bits per heavy atom. The second-order valence-electron chi connectivity index (χ2n) is 6.39. The Balaban J connectivity index is 2.09. The second-order valence-corrected chi connectivity index (χ2v) is 9.17. The quantitative estimate of drug-likeness (QED) is 0.449. The fourth-order valence-corrected chi connectivity index (χ4v) is 4.78. The van der Waals surface area contributed by atoms with Crippen molar-refractivity contribution >= 4 is 31.6 Å². The molecule has 0 heterocycles. The molecule has 3 rings (SSSR count). The summed E-state index contributed by atoms with van der Waals surface area (Å²) in [5.41, 5.74) is 1.25. The lowest BCUT2D eigenvalue weighted by atomic mass is 10.2. The molecular formula is C22H22BrNO5S. The zero-order chi connectivity index (χ0) is 21.7. The van der Waals surface area contributed by atoms with Gasteiger partial charge in [0.05, 0.1) is 38.5 Å². The lowest BCUT2D eigenvalue weighted by molar-refractivity contribution is 0.393. The van der Waals surface area contributed by atoms with Gasteiger partial charge in [-0.15, -0.1) is 0 Å². The highest BCUT2D eigenvalue weighted by atomic mass is 79.9. The molecule has 158 valence electrons. The van der Waals surface area contributed by atoms with Crippen LogP contribution in [-0.2, 0) is 16.6 Å². The van der Waals surface area contributed by atoms with Gasteiger partial charge in [0.1, 0.15) is 17.2 Å². The van der Waals surface area contributed by atoms with Crippen LogP contribution in [-0.4, -0.2) is 29.7 Å². The maximum absolute atomic E-state index is 13.6. The number of anilines is 1. The zero-order valence-electron chi connectivity index (χ0n) is 16.8. The lowest BCUT2D eigenvalue weighted by Gasteiger charge is -2.25. The molecule has 0 radical (unpaired) electrons. The molecule has 0 amide bonds. The summed E-state index contributed by atoms with van der Waals surface area (Å²) < 4.78 is 45.1. The first kappa shape index (κ1) is 22.0. The van der Waals surface area contributed by atoms with Gasteiger partial charge in [0.2, 0.25) is 0 Å². The number of hydrogen-bond donors (Lipinski definition) is 0. The molecule has 0 saturated heterocycles. The number of rotatable bonds is 8. The molecule has 3 aromatic rings. The maximum Gasteiger partial charge on any atom is 0.264 e. The van der Waals surface area contributed by atoms with Crippen molar-refractivity contribution < 1.29 is 22.6 Å². The minimum atomic E-state index is -3.86. The highest BCUT2D eigenvalue weighted by Crippen LogP contribution is 2.31. The third-order valence-electron chi connectivity index (χ3n) is 4.48. The summed E-state index contributed by atoms with van der Waals surface area (Å²) in [6.45, 7) is 0.0956. The number of methoxy groups -OCH3 is 3. The van der Waals surface area contributed by atoms with Crippen LogP contribution in [0, 0.1) is 0 Å². The molecule has 0 aliphatic carbocycles. The molecule has 0 aliphatic rings. The third kappa shape index (κ3) is 4.88. The second kappa shape index (κ2) is 9.40. The van der Waals surface area contributed by atoms with Crippen molar-refractivity contribution in [1.29, 1.82) is 0 Å². The van der Waals surface area contributed by atoms with Gasteiger partial charge in [-0.25, -0.2) is 8.42 Å². The van der Waals surface area contributed by atoms with E-state index in [4.69, 9.17) is 14.2 Å². The predicted molar refractivity (Wildman–Crippen MR) is 120 cm³/mol. The third-order valence-corrected chi connectivity index (χ3v) is 6.76. The Morgan fingerprint density at radius 1 is 0.800 bits per heavy atom. The number of ether oxygens (including phenoxy) is 3. The van der Waals surface area contributed by atoms with Crippen LogP contribution in [0.25, 0.3) is 0 Å². The molecule has 0 saturated carbocycles. The molecule has 3 aromatic carbocycles. The first-order chi connectivity index (χ1) is 14.4. The van der Waals surface area contributed by atoms with Crippen molar-refractivity contribution in [2.24, 2.45) is 0 Å². The van der Waals surface area contributed by atoms with Crippen LogP contribution in [0.2, 0.25) is 0 Å². The summed E-state index contributed by atoms with van der Waals surface area (Å²) in [5, 5.41) is 0. The lowest BCUT2D eigenvalue weighted by Crippen LogP contribution is -2.30. The van der Waals surface area contributed by atoms with Crippen LogP contribution in [0.3, 0.4) is 0 Å². The average molecular weight is 492 g/mol. The van der Waals surface area contributed by atoms with Gasteiger partial charge >= 0.3 is 0 Å². The van der Waals surface area contributed by atoms with Crippen LogP contribution < -0.4 is 18.5 Å². The fourth-order valence-electron chi connectivity index (χ4n) is 2.94. The summed E-state index contributed by atoms with van der Waals surface area (Å²) in [6, 6.07) is 18.8. The Labute approximate surface area is 185 Å². The van der Waals surface area contributed by atoms with Crippen LogP contribution in [0.1, 0.15) is 5.56 Å². The smallest absolute Gasteiger partial charge is 0.264 e. The van der Waals surface area contributed by atoms with Gasteiger partial charge in [0, 0.05) is 10.5 Å². The zero-order valence-corrected chi connectivity index (χ0v) is 19.2. The minimum Gasteiger partial charge on any atom is -0.497 e. The fraction of sp³-hybridized carbons (Fsp3) is 0.182. The highest BCUT2D eigenvalue weighted by molar-refractivity contribution is 9.10. The van der Waals surface area contributed by atoms with E-state index in [1.165, 1.54) is 23.5 Å². The standard InChI is InChI=1S/C22H22BrNO5S/c1-27-19-7-9-22(10-8-19)30(25,26)24(18-6-4-5-17(23)13-18)15-16-11-20(28-2)14-21(12-16)29-3/h4-14H,15H2,1-3H3. The molecule has 0 N–H and O–H groups in total. The van der Waals surface area contributed by atoms with Crippen molar-refractivity contribution in [2.45, 2.75) is 11.4 Å². The molecule has 0 atom stereocenters. The Bertz CT molecular complexity index is 1090. The number of benzene rings is 3. The van der Waals surface area contributed by atoms with E-state index in [1.54, 1.807) is 62.8 Å². The van der Waals surface area contributed by atoms with Gasteiger partial charge in [-0.3, -0.25) is 4.31 Å². The molecule has 0 aromatic heterocycles. The summed E-state index contributed by atoms with van der Waals surface area (Å²) >= 11 is 3.43. The first-order valence-corrected chi connectivity index (χ1v) is 11.2. The molecule has 6 nitrogen and oxygen atoms in total. The Kier molecular flexibility index (Phi) is 6.89. The van der Waals surface area contributed by atoms with Crippen molar-refractivity contribution in [3.8, 4) is 17.2 Å². The van der Waals surface area contributed by atoms with Crippen molar-refractivity contribution in [2.75, 3.05) is 25.6 Å². The van der Waals surface area contributed by atoms with Gasteiger partial charge in [-0.1, -0.05) is 22.0 Å². The maximum atomic E-state index is 13.6. The van der Waals surface area contributed by atoms with Crippen molar-refractivity contribution in [1.82, 2.24) is 0 Å². The summed E-state index contributed by atoms with van der Waals surface area (Å²) in [5.74, 6) is 1.75. The molecule has 8 heteroatoms. The molecule has 0 unspecified atom stereocenters. The molecule has 0 aliphatic heterocycles. The number of sulfonamides is 1. The van der Waals surface area contributed by atoms with Gasteiger partial charge < -0.3 is 14.2 Å². The van der Waals surface area contributed by atoms with Crippen LogP contribution in [0.4, 0.5) is 5.69 Å². The van der Waals surface area contributed by atoms with E-state index in [1.807, 2.05) is 6.07 Å². The summed E-state index contributed by atoms with van der Waals surface area (Å²) in [6.07, 6.45) is 0. The molecule has 0 spiro atoms. The number of halogens is 1. The Hall–Kier alpha value is -2.71. The van der Waals surface area contributed by atoms with Crippen molar-refractivity contribution in [3.63, 3.8) is 0 Å². The summed E-state index contributed by atoms with van der Waals surface area (Å²) in [4.78, 5) is 0.165. The topological polar surface area (TPSA) is 65.1 Å². The molecular weight excluding hydrogens is 470 g/mol. The van der Waals surface area contributed by atoms with Crippen molar-refractivity contribution in [3.05, 3.63) is 76.8 Å². The van der Waals surface area contributed by atoms with Crippen LogP contribution in [0.5, 0.6) is 17.2 Å². The molecule has 30 heavy (non-hydrogen) atoms. The van der Waals surface area contributed by atoms with Gasteiger partial charge in [-0.2, -0.15) is 0 Å². The normalized spacial score (nSPS) is 11.1. The summed E-state index contributed by atoms with van der Waals surface area (Å²) in [7, 11) is 0.786. The van der Waals surface area contributed by atoms with Crippen LogP contribution in [0.15, 0.2) is 76.1 Å². The van der Waals surface area contributed by atoms with E-state index in [9.17, 15) is 8.42 Å². The number of hydrogen-bond acceptors (Lipinski definition) is 5.